The molecule has 0 aliphatic carbocycles. The summed E-state index contributed by atoms with van der Waals surface area (Å²) in [6.45, 7) is 0. The summed E-state index contributed by atoms with van der Waals surface area (Å²) in [6.07, 6.45) is 0. The van der Waals surface area contributed by atoms with Crippen molar-refractivity contribution in [3.05, 3.63) is 182 Å². The lowest BCUT2D eigenvalue weighted by molar-refractivity contribution is 0.487. The average Bonchev–Trinajstić information content (AvgIpc) is 3.72. The zero-order valence-corrected chi connectivity index (χ0v) is 28.6. The molecule has 12 rings (SSSR count). The van der Waals surface area contributed by atoms with Gasteiger partial charge in [0.25, 0.3) is 0 Å². The predicted molar refractivity (Wildman–Crippen MR) is 221 cm³/mol. The van der Waals surface area contributed by atoms with Crippen molar-refractivity contribution in [3.8, 4) is 45.1 Å². The Kier molecular flexibility index (Phi) is 5.77. The smallest absolute Gasteiger partial charge is 0.138 e. The van der Waals surface area contributed by atoms with Crippen LogP contribution in [0.25, 0.3) is 98.8 Å². The van der Waals surface area contributed by atoms with Gasteiger partial charge in [0.15, 0.2) is 0 Å². The molecule has 0 unspecified atom stereocenters. The van der Waals surface area contributed by atoms with Crippen molar-refractivity contribution in [1.82, 2.24) is 9.13 Å². The highest BCUT2D eigenvalue weighted by Crippen LogP contribution is 2.51. The molecule has 0 saturated carbocycles. The maximum Gasteiger partial charge on any atom is 0.138 e. The zero-order valence-electron chi connectivity index (χ0n) is 28.6. The Balaban J connectivity index is 1.15. The standard InChI is InChI=1S/C50H30N2O/c1-3-14-35(15-4-1)51-43-24-22-33(27-40(43)41-26-31-12-7-8-13-32(31)29-45(41)51)34-23-25-44-42(28-34)49-39-20-11-19-38-37-18-9-10-21-47(37)53-48(50(38)39)30-46(49)52(44)36-16-5-2-6-17-36/h1-30H. The molecule has 0 amide bonds. The van der Waals surface area contributed by atoms with Crippen molar-refractivity contribution in [2.75, 3.05) is 0 Å². The van der Waals surface area contributed by atoms with E-state index in [1.165, 1.54) is 76.3 Å². The van der Waals surface area contributed by atoms with Crippen LogP contribution in [0, 0.1) is 0 Å². The van der Waals surface area contributed by atoms with Crippen LogP contribution >= 0.6 is 0 Å². The van der Waals surface area contributed by atoms with Crippen LogP contribution in [0.3, 0.4) is 0 Å². The molecule has 0 spiro atoms. The maximum absolute atomic E-state index is 6.66. The molecule has 53 heavy (non-hydrogen) atoms. The first-order valence-corrected chi connectivity index (χ1v) is 18.2. The van der Waals surface area contributed by atoms with E-state index in [1.807, 2.05) is 6.07 Å². The fourth-order valence-electron chi connectivity index (χ4n) is 8.93. The van der Waals surface area contributed by atoms with Crippen molar-refractivity contribution in [2.45, 2.75) is 0 Å². The Hall–Kier alpha value is -7.10. The Bertz CT molecular complexity index is 3300. The molecule has 1 aliphatic heterocycles. The topological polar surface area (TPSA) is 19.1 Å². The second-order valence-corrected chi connectivity index (χ2v) is 14.1. The summed E-state index contributed by atoms with van der Waals surface area (Å²) in [7, 11) is 0. The van der Waals surface area contributed by atoms with Crippen LogP contribution in [-0.2, 0) is 0 Å². The second-order valence-electron chi connectivity index (χ2n) is 14.1. The summed E-state index contributed by atoms with van der Waals surface area (Å²) in [6, 6.07) is 66.0. The van der Waals surface area contributed by atoms with Crippen LogP contribution in [0.4, 0.5) is 0 Å². The third-order valence-electron chi connectivity index (χ3n) is 11.2. The number of ether oxygens (including phenoxy) is 1. The van der Waals surface area contributed by atoms with Crippen LogP contribution < -0.4 is 4.74 Å². The van der Waals surface area contributed by atoms with E-state index >= 15 is 0 Å². The summed E-state index contributed by atoms with van der Waals surface area (Å²) in [5, 5.41) is 9.83. The molecule has 3 nitrogen and oxygen atoms in total. The number of aromatic nitrogens is 2. The van der Waals surface area contributed by atoms with Gasteiger partial charge in [-0.2, -0.15) is 0 Å². The molecule has 1 aliphatic rings. The zero-order chi connectivity index (χ0) is 34.6. The number of fused-ring (bicyclic) bond motifs is 10. The SMILES string of the molecule is c1ccc(-n2c3ccc(-c4ccc5c(c4)c4c6cccc7c6c(cc4n5-c4ccccc4)Oc4ccccc4-7)cc3c3cc4ccccc4cc32)cc1. The predicted octanol–water partition coefficient (Wildman–Crippen LogP) is 13.6. The molecule has 246 valence electrons. The van der Waals surface area contributed by atoms with Gasteiger partial charge in [0.1, 0.15) is 11.5 Å². The van der Waals surface area contributed by atoms with Crippen molar-refractivity contribution in [1.29, 1.82) is 0 Å². The largest absolute Gasteiger partial charge is 0.456 e. The van der Waals surface area contributed by atoms with E-state index in [0.29, 0.717) is 0 Å². The van der Waals surface area contributed by atoms with Crippen LogP contribution in [0.1, 0.15) is 0 Å². The minimum absolute atomic E-state index is 0.897. The molecule has 2 aromatic heterocycles. The van der Waals surface area contributed by atoms with Crippen LogP contribution in [0.5, 0.6) is 11.5 Å². The van der Waals surface area contributed by atoms with E-state index in [-0.39, 0.29) is 0 Å². The number of para-hydroxylation sites is 3. The number of hydrogen-bond acceptors (Lipinski definition) is 1. The molecule has 3 heterocycles. The minimum Gasteiger partial charge on any atom is -0.456 e. The quantitative estimate of drug-likeness (QED) is 0.183. The molecule has 0 bridgehead atoms. The van der Waals surface area contributed by atoms with E-state index in [2.05, 4.69) is 185 Å². The van der Waals surface area contributed by atoms with Gasteiger partial charge in [-0.3, -0.25) is 0 Å². The molecular formula is C50H30N2O. The van der Waals surface area contributed by atoms with Gasteiger partial charge in [-0.05, 0) is 99.6 Å². The van der Waals surface area contributed by atoms with E-state index in [4.69, 9.17) is 4.74 Å². The van der Waals surface area contributed by atoms with E-state index < -0.39 is 0 Å². The lowest BCUT2D eigenvalue weighted by Crippen LogP contribution is -1.98. The van der Waals surface area contributed by atoms with E-state index in [0.717, 1.165) is 34.0 Å². The monoisotopic (exact) mass is 674 g/mol. The maximum atomic E-state index is 6.66. The fraction of sp³-hybridized carbons (Fsp3) is 0. The van der Waals surface area contributed by atoms with Crippen molar-refractivity contribution >= 4 is 65.2 Å². The summed E-state index contributed by atoms with van der Waals surface area (Å²) in [5.74, 6) is 1.79. The second kappa shape index (κ2) is 10.7. The normalized spacial score (nSPS) is 12.3. The lowest BCUT2D eigenvalue weighted by atomic mass is 9.92. The van der Waals surface area contributed by atoms with Gasteiger partial charge in [0.2, 0.25) is 0 Å². The van der Waals surface area contributed by atoms with Crippen LogP contribution in [0.2, 0.25) is 0 Å². The highest BCUT2D eigenvalue weighted by molar-refractivity contribution is 6.26. The Morgan fingerprint density at radius 2 is 0.906 bits per heavy atom. The first kappa shape index (κ1) is 28.6. The molecule has 0 N–H and O–H groups in total. The number of rotatable bonds is 3. The summed E-state index contributed by atoms with van der Waals surface area (Å²) in [4.78, 5) is 0. The first-order chi connectivity index (χ1) is 26.3. The minimum atomic E-state index is 0.897. The van der Waals surface area contributed by atoms with Crippen LogP contribution in [-0.4, -0.2) is 9.13 Å². The Morgan fingerprint density at radius 3 is 1.66 bits per heavy atom. The molecule has 0 saturated heterocycles. The Morgan fingerprint density at radius 1 is 0.321 bits per heavy atom. The first-order valence-electron chi connectivity index (χ1n) is 18.2. The van der Waals surface area contributed by atoms with Crippen molar-refractivity contribution < 1.29 is 4.74 Å². The highest BCUT2D eigenvalue weighted by atomic mass is 16.5. The highest BCUT2D eigenvalue weighted by Gasteiger charge is 2.25. The summed E-state index contributed by atoms with van der Waals surface area (Å²) in [5.41, 5.74) is 11.7. The van der Waals surface area contributed by atoms with Gasteiger partial charge in [-0.15, -0.1) is 0 Å². The van der Waals surface area contributed by atoms with Crippen LogP contribution in [0.15, 0.2) is 182 Å². The molecular weight excluding hydrogens is 645 g/mol. The third kappa shape index (κ3) is 4.05. The fourth-order valence-corrected chi connectivity index (χ4v) is 8.93. The Labute approximate surface area is 305 Å². The van der Waals surface area contributed by atoms with E-state index in [9.17, 15) is 0 Å². The molecule has 3 heteroatoms. The van der Waals surface area contributed by atoms with Gasteiger partial charge in [0, 0.05) is 49.9 Å². The number of benzene rings is 9. The third-order valence-corrected chi connectivity index (χ3v) is 11.2. The molecule has 0 radical (unpaired) electrons. The summed E-state index contributed by atoms with van der Waals surface area (Å²) < 4.78 is 11.5. The van der Waals surface area contributed by atoms with Gasteiger partial charge in [-0.1, -0.05) is 109 Å². The summed E-state index contributed by atoms with van der Waals surface area (Å²) >= 11 is 0. The van der Waals surface area contributed by atoms with Gasteiger partial charge < -0.3 is 13.9 Å². The van der Waals surface area contributed by atoms with E-state index in [1.54, 1.807) is 0 Å². The molecule has 0 fully saturated rings. The number of nitrogens with zero attached hydrogens (tertiary/aromatic N) is 2. The average molecular weight is 675 g/mol. The van der Waals surface area contributed by atoms with Gasteiger partial charge in [0.05, 0.1) is 22.1 Å². The molecule has 0 atom stereocenters. The van der Waals surface area contributed by atoms with Crippen molar-refractivity contribution in [3.63, 3.8) is 0 Å². The molecule has 11 aromatic rings. The van der Waals surface area contributed by atoms with Crippen molar-refractivity contribution in [2.24, 2.45) is 0 Å². The number of hydrogen-bond donors (Lipinski definition) is 0. The van der Waals surface area contributed by atoms with Gasteiger partial charge in [-0.25, -0.2) is 0 Å². The molecule has 9 aromatic carbocycles. The van der Waals surface area contributed by atoms with Gasteiger partial charge >= 0.3 is 0 Å². The lowest BCUT2D eigenvalue weighted by Gasteiger charge is -2.22.